The molecular weight excluding hydrogens is 308 g/mol. The molecule has 0 N–H and O–H groups in total. The van der Waals surface area contributed by atoms with Gasteiger partial charge in [0.05, 0.1) is 10.9 Å². The highest BCUT2D eigenvalue weighted by Crippen LogP contribution is 2.28. The van der Waals surface area contributed by atoms with Gasteiger partial charge in [0.2, 0.25) is 0 Å². The van der Waals surface area contributed by atoms with Crippen molar-refractivity contribution in [3.8, 4) is 0 Å². The van der Waals surface area contributed by atoms with Crippen molar-refractivity contribution >= 4 is 34.2 Å². The number of hydrogen-bond donors (Lipinski definition) is 0. The largest absolute Gasteiger partial charge is 0.292 e. The molecule has 0 fully saturated rings. The third-order valence-electron chi connectivity index (χ3n) is 4.19. The molecule has 0 spiro atoms. The van der Waals surface area contributed by atoms with E-state index >= 15 is 0 Å². The van der Waals surface area contributed by atoms with Crippen LogP contribution < -0.4 is 5.56 Å². The van der Waals surface area contributed by atoms with E-state index in [1.165, 1.54) is 5.56 Å². The number of hydrogen-bond acceptors (Lipinski definition) is 2. The number of aryl methyl sites for hydroxylation is 1. The molecule has 3 aromatic rings. The fourth-order valence-corrected chi connectivity index (χ4v) is 3.25. The van der Waals surface area contributed by atoms with Crippen LogP contribution in [0.4, 0.5) is 0 Å². The molecule has 0 bridgehead atoms. The Balaban J connectivity index is 1.91. The number of fused-ring (bicyclic) bond motifs is 2. The van der Waals surface area contributed by atoms with Gasteiger partial charge in [-0.3, -0.25) is 9.36 Å². The van der Waals surface area contributed by atoms with E-state index in [-0.39, 0.29) is 5.56 Å². The summed E-state index contributed by atoms with van der Waals surface area (Å²) in [5.41, 5.74) is 4.11. The molecule has 0 atom stereocenters. The number of allylic oxidation sites excluding steroid dienone is 1. The summed E-state index contributed by atoms with van der Waals surface area (Å²) < 4.78 is 1.76. The smallest absolute Gasteiger partial charge is 0.261 e. The predicted molar refractivity (Wildman–Crippen MR) is 94.7 cm³/mol. The van der Waals surface area contributed by atoms with Gasteiger partial charge in [-0.2, -0.15) is 0 Å². The van der Waals surface area contributed by atoms with Crippen LogP contribution in [0.3, 0.4) is 0 Å². The van der Waals surface area contributed by atoms with E-state index in [9.17, 15) is 4.79 Å². The number of rotatable bonds is 1. The van der Waals surface area contributed by atoms with Crippen LogP contribution in [-0.4, -0.2) is 9.55 Å². The zero-order chi connectivity index (χ0) is 16.0. The van der Waals surface area contributed by atoms with Crippen LogP contribution in [0.1, 0.15) is 23.4 Å². The van der Waals surface area contributed by atoms with E-state index in [2.05, 4.69) is 36.2 Å². The van der Waals surface area contributed by atoms with E-state index in [0.717, 1.165) is 23.4 Å². The van der Waals surface area contributed by atoms with Crippen LogP contribution in [0.2, 0.25) is 5.02 Å². The lowest BCUT2D eigenvalue weighted by molar-refractivity contribution is 0.725. The van der Waals surface area contributed by atoms with Gasteiger partial charge in [-0.1, -0.05) is 41.4 Å². The summed E-state index contributed by atoms with van der Waals surface area (Å²) in [7, 11) is 0. The lowest BCUT2D eigenvalue weighted by Gasteiger charge is -2.06. The molecule has 0 saturated carbocycles. The molecule has 2 aromatic carbocycles. The standard InChI is InChI=1S/C19H15ClN2O/c1-12-3-2-4-13(9-12)10-14-7-8-22-18(14)21-17-11-15(20)5-6-16(17)19(22)23/h2-6,9-11H,7-8H2,1H3/b14-10+. The fraction of sp³-hybridized carbons (Fsp3) is 0.158. The summed E-state index contributed by atoms with van der Waals surface area (Å²) >= 11 is 6.04. The average molecular weight is 323 g/mol. The van der Waals surface area contributed by atoms with Crippen molar-refractivity contribution in [1.29, 1.82) is 0 Å². The van der Waals surface area contributed by atoms with E-state index in [1.54, 1.807) is 22.8 Å². The highest BCUT2D eigenvalue weighted by molar-refractivity contribution is 6.31. The van der Waals surface area contributed by atoms with Crippen molar-refractivity contribution in [2.75, 3.05) is 0 Å². The van der Waals surface area contributed by atoms with Gasteiger partial charge in [0.25, 0.3) is 5.56 Å². The van der Waals surface area contributed by atoms with Gasteiger partial charge in [0, 0.05) is 11.6 Å². The lowest BCUT2D eigenvalue weighted by Crippen LogP contribution is -2.20. The maximum absolute atomic E-state index is 12.6. The molecule has 3 nitrogen and oxygen atoms in total. The van der Waals surface area contributed by atoms with Crippen LogP contribution in [-0.2, 0) is 6.54 Å². The molecule has 0 amide bonds. The molecule has 114 valence electrons. The summed E-state index contributed by atoms with van der Waals surface area (Å²) in [6, 6.07) is 13.5. The zero-order valence-corrected chi connectivity index (χ0v) is 13.5. The number of benzene rings is 2. The Labute approximate surface area is 138 Å². The second-order valence-electron chi connectivity index (χ2n) is 5.89. The minimum absolute atomic E-state index is 0.00862. The first kappa shape index (κ1) is 14.2. The number of nitrogens with zero attached hydrogens (tertiary/aromatic N) is 2. The predicted octanol–water partition coefficient (Wildman–Crippen LogP) is 4.30. The molecular formula is C19H15ClN2O. The van der Waals surface area contributed by atoms with Gasteiger partial charge in [0.15, 0.2) is 0 Å². The van der Waals surface area contributed by atoms with Crippen LogP contribution in [0.25, 0.3) is 22.6 Å². The molecule has 1 aliphatic heterocycles. The fourth-order valence-electron chi connectivity index (χ4n) is 3.09. The maximum atomic E-state index is 12.6. The van der Waals surface area contributed by atoms with Gasteiger partial charge in [-0.25, -0.2) is 4.98 Å². The van der Waals surface area contributed by atoms with Crippen molar-refractivity contribution < 1.29 is 0 Å². The summed E-state index contributed by atoms with van der Waals surface area (Å²) in [5.74, 6) is 0.756. The molecule has 0 saturated heterocycles. The number of aromatic nitrogens is 2. The second-order valence-corrected chi connectivity index (χ2v) is 6.32. The van der Waals surface area contributed by atoms with Crippen molar-refractivity contribution in [3.63, 3.8) is 0 Å². The molecule has 0 unspecified atom stereocenters. The monoisotopic (exact) mass is 322 g/mol. The van der Waals surface area contributed by atoms with E-state index in [0.29, 0.717) is 22.5 Å². The third-order valence-corrected chi connectivity index (χ3v) is 4.43. The maximum Gasteiger partial charge on any atom is 0.261 e. The second kappa shape index (κ2) is 5.36. The molecule has 1 aromatic heterocycles. The van der Waals surface area contributed by atoms with Crippen molar-refractivity contribution in [3.05, 3.63) is 74.8 Å². The Kier molecular flexibility index (Phi) is 3.31. The van der Waals surface area contributed by atoms with Gasteiger partial charge in [0.1, 0.15) is 5.82 Å². The minimum atomic E-state index is 0.00862. The summed E-state index contributed by atoms with van der Waals surface area (Å²) in [6.07, 6.45) is 2.94. The summed E-state index contributed by atoms with van der Waals surface area (Å²) in [4.78, 5) is 17.3. The molecule has 0 aliphatic carbocycles. The van der Waals surface area contributed by atoms with Crippen molar-refractivity contribution in [2.24, 2.45) is 0 Å². The Morgan fingerprint density at radius 3 is 2.91 bits per heavy atom. The van der Waals surface area contributed by atoms with Crippen LogP contribution in [0.15, 0.2) is 47.3 Å². The first-order valence-corrected chi connectivity index (χ1v) is 7.97. The Morgan fingerprint density at radius 2 is 2.09 bits per heavy atom. The van der Waals surface area contributed by atoms with Gasteiger partial charge in [-0.15, -0.1) is 0 Å². The van der Waals surface area contributed by atoms with Crippen molar-refractivity contribution in [2.45, 2.75) is 19.9 Å². The average Bonchev–Trinajstić information content (AvgIpc) is 2.90. The highest BCUT2D eigenvalue weighted by Gasteiger charge is 2.20. The first-order chi connectivity index (χ1) is 11.1. The summed E-state index contributed by atoms with van der Waals surface area (Å²) in [5, 5.41) is 1.21. The molecule has 4 heteroatoms. The molecule has 23 heavy (non-hydrogen) atoms. The molecule has 1 aliphatic rings. The Bertz CT molecular complexity index is 1020. The molecule has 4 rings (SSSR count). The molecule has 0 radical (unpaired) electrons. The number of halogens is 1. The third kappa shape index (κ3) is 2.47. The van der Waals surface area contributed by atoms with Crippen molar-refractivity contribution in [1.82, 2.24) is 9.55 Å². The van der Waals surface area contributed by atoms with E-state index in [1.807, 2.05) is 6.07 Å². The minimum Gasteiger partial charge on any atom is -0.292 e. The highest BCUT2D eigenvalue weighted by atomic mass is 35.5. The van der Waals surface area contributed by atoms with E-state index in [4.69, 9.17) is 11.6 Å². The van der Waals surface area contributed by atoms with Gasteiger partial charge < -0.3 is 0 Å². The zero-order valence-electron chi connectivity index (χ0n) is 12.7. The first-order valence-electron chi connectivity index (χ1n) is 7.59. The van der Waals surface area contributed by atoms with Gasteiger partial charge >= 0.3 is 0 Å². The SMILES string of the molecule is Cc1cccc(/C=C2\CCn3c2nc2cc(Cl)ccc2c3=O)c1. The summed E-state index contributed by atoms with van der Waals surface area (Å²) in [6.45, 7) is 2.75. The molecule has 2 heterocycles. The van der Waals surface area contributed by atoms with Crippen LogP contribution >= 0.6 is 11.6 Å². The Hall–Kier alpha value is -2.39. The topological polar surface area (TPSA) is 34.9 Å². The van der Waals surface area contributed by atoms with Crippen LogP contribution in [0.5, 0.6) is 0 Å². The van der Waals surface area contributed by atoms with E-state index < -0.39 is 0 Å². The van der Waals surface area contributed by atoms with Gasteiger partial charge in [-0.05, 0) is 48.8 Å². The van der Waals surface area contributed by atoms with Crippen LogP contribution in [0, 0.1) is 6.92 Å². The normalized spacial score (nSPS) is 15.3. The lowest BCUT2D eigenvalue weighted by atomic mass is 10.1. The quantitative estimate of drug-likeness (QED) is 0.669. The Morgan fingerprint density at radius 1 is 1.22 bits per heavy atom.